The maximum Gasteiger partial charge on any atom is -0.000740 e. The van der Waals surface area contributed by atoms with Crippen LogP contribution in [0.5, 0.6) is 0 Å². The van der Waals surface area contributed by atoms with Gasteiger partial charge >= 0.3 is 0 Å². The van der Waals surface area contributed by atoms with Gasteiger partial charge in [0, 0.05) is 0 Å². The van der Waals surface area contributed by atoms with E-state index in [1.165, 1.54) is 99.1 Å². The molecule has 0 fully saturated rings. The van der Waals surface area contributed by atoms with Gasteiger partial charge in [-0.15, -0.1) is 0 Å². The molecule has 0 atom stereocenters. The summed E-state index contributed by atoms with van der Waals surface area (Å²) < 4.78 is 0. The molecule has 8 aromatic rings. The van der Waals surface area contributed by atoms with Gasteiger partial charge in [-0.2, -0.15) is 0 Å². The lowest BCUT2D eigenvalue weighted by Crippen LogP contribution is -1.93. The molecular formula is C42H24. The molecule has 0 aromatic heterocycles. The van der Waals surface area contributed by atoms with Gasteiger partial charge in [0.05, 0.1) is 0 Å². The maximum atomic E-state index is 2.40. The number of rotatable bonds is 2. The molecule has 0 heteroatoms. The molecule has 0 aliphatic heterocycles. The summed E-state index contributed by atoms with van der Waals surface area (Å²) in [6, 6.07) is 54.0. The van der Waals surface area contributed by atoms with Crippen molar-refractivity contribution in [1.82, 2.24) is 0 Å². The third-order valence-corrected chi connectivity index (χ3v) is 9.51. The Morgan fingerprint density at radius 1 is 0.262 bits per heavy atom. The molecule has 8 aromatic carbocycles. The van der Waals surface area contributed by atoms with Crippen LogP contribution in [0.1, 0.15) is 0 Å². The molecule has 192 valence electrons. The van der Waals surface area contributed by atoms with E-state index in [0.717, 1.165) is 0 Å². The largest absolute Gasteiger partial charge is 0.0622 e. The van der Waals surface area contributed by atoms with Crippen molar-refractivity contribution < 1.29 is 0 Å². The van der Waals surface area contributed by atoms with Crippen molar-refractivity contribution in [2.75, 3.05) is 0 Å². The van der Waals surface area contributed by atoms with Crippen LogP contribution < -0.4 is 0 Å². The summed E-state index contributed by atoms with van der Waals surface area (Å²) in [6.07, 6.45) is 0. The number of hydrogen-bond acceptors (Lipinski definition) is 0. The summed E-state index contributed by atoms with van der Waals surface area (Å²) >= 11 is 0. The van der Waals surface area contributed by atoms with E-state index in [0.29, 0.717) is 0 Å². The molecule has 0 heterocycles. The Balaban J connectivity index is 1.40. The molecule has 42 heavy (non-hydrogen) atoms. The predicted molar refractivity (Wildman–Crippen MR) is 179 cm³/mol. The fourth-order valence-corrected chi connectivity index (χ4v) is 7.83. The first-order valence-electron chi connectivity index (χ1n) is 14.7. The maximum absolute atomic E-state index is 2.40. The molecule has 10 rings (SSSR count). The zero-order valence-corrected chi connectivity index (χ0v) is 22.9. The highest BCUT2D eigenvalue weighted by molar-refractivity contribution is 6.32. The van der Waals surface area contributed by atoms with Crippen molar-refractivity contribution in [3.05, 3.63) is 146 Å². The Hall–Kier alpha value is -5.46. The summed E-state index contributed by atoms with van der Waals surface area (Å²) in [5, 5.41) is 7.98. The van der Waals surface area contributed by atoms with E-state index in [1.807, 2.05) is 0 Å². The van der Waals surface area contributed by atoms with Crippen LogP contribution >= 0.6 is 0 Å². The molecule has 0 nitrogen and oxygen atoms in total. The normalized spacial score (nSPS) is 12.3. The molecule has 0 unspecified atom stereocenters. The monoisotopic (exact) mass is 528 g/mol. The van der Waals surface area contributed by atoms with Gasteiger partial charge in [0.15, 0.2) is 0 Å². The van der Waals surface area contributed by atoms with E-state index in [9.17, 15) is 0 Å². The van der Waals surface area contributed by atoms with Gasteiger partial charge in [-0.1, -0.05) is 133 Å². The van der Waals surface area contributed by atoms with Crippen molar-refractivity contribution >= 4 is 32.3 Å². The molecule has 2 aliphatic rings. The van der Waals surface area contributed by atoms with Gasteiger partial charge in [0.2, 0.25) is 0 Å². The fraction of sp³-hybridized carbons (Fsp3) is 0. The van der Waals surface area contributed by atoms with Gasteiger partial charge < -0.3 is 0 Å². The average molecular weight is 529 g/mol. The summed E-state index contributed by atoms with van der Waals surface area (Å²) in [6.45, 7) is 0. The van der Waals surface area contributed by atoms with Gasteiger partial charge in [-0.25, -0.2) is 0 Å². The second kappa shape index (κ2) is 8.06. The van der Waals surface area contributed by atoms with E-state index >= 15 is 0 Å². The minimum atomic E-state index is 1.26. The molecule has 2 aliphatic carbocycles. The van der Waals surface area contributed by atoms with Crippen LogP contribution in [0.15, 0.2) is 146 Å². The lowest BCUT2D eigenvalue weighted by Gasteiger charge is -2.20. The van der Waals surface area contributed by atoms with E-state index in [2.05, 4.69) is 146 Å². The quantitative estimate of drug-likeness (QED) is 0.209. The first-order valence-corrected chi connectivity index (χ1v) is 14.7. The number of benzene rings is 8. The summed E-state index contributed by atoms with van der Waals surface area (Å²) in [5.41, 5.74) is 16.0. The fourth-order valence-electron chi connectivity index (χ4n) is 7.83. The average Bonchev–Trinajstić information content (AvgIpc) is 3.55. The van der Waals surface area contributed by atoms with Crippen molar-refractivity contribution in [3.8, 4) is 66.8 Å². The highest BCUT2D eigenvalue weighted by Crippen LogP contribution is 2.61. The molecule has 0 saturated carbocycles. The van der Waals surface area contributed by atoms with Crippen molar-refractivity contribution in [2.45, 2.75) is 0 Å². The summed E-state index contributed by atoms with van der Waals surface area (Å²) in [5.74, 6) is 0. The Morgan fingerprint density at radius 2 is 0.643 bits per heavy atom. The molecular weight excluding hydrogens is 504 g/mol. The topological polar surface area (TPSA) is 0 Å². The first kappa shape index (κ1) is 22.3. The van der Waals surface area contributed by atoms with E-state index in [4.69, 9.17) is 0 Å². The standard InChI is InChI=1S/C42H24/c1-3-11-25(12-4-1)37-29-17-9-10-18-30(29)38(26-13-5-2-6-14-26)42-34-22-20-32-36-24-28-16-8-7-15-27(28)23-35(36)31-19-21-33(41(37)42)40(34)39(31)32/h1-24H. The van der Waals surface area contributed by atoms with Gasteiger partial charge in [0.1, 0.15) is 0 Å². The molecule has 0 spiro atoms. The second-order valence-electron chi connectivity index (χ2n) is 11.6. The van der Waals surface area contributed by atoms with Crippen LogP contribution in [0.2, 0.25) is 0 Å². The van der Waals surface area contributed by atoms with Crippen molar-refractivity contribution in [2.24, 2.45) is 0 Å². The Bertz CT molecular complexity index is 2260. The zero-order valence-electron chi connectivity index (χ0n) is 22.9. The number of hydrogen-bond donors (Lipinski definition) is 0. The highest BCUT2D eigenvalue weighted by atomic mass is 14.4. The summed E-state index contributed by atoms with van der Waals surface area (Å²) in [4.78, 5) is 0. The Morgan fingerprint density at radius 3 is 1.12 bits per heavy atom. The van der Waals surface area contributed by atoms with Crippen LogP contribution in [0, 0.1) is 0 Å². The highest BCUT2D eigenvalue weighted by Gasteiger charge is 2.34. The third-order valence-electron chi connectivity index (χ3n) is 9.51. The van der Waals surface area contributed by atoms with Crippen LogP contribution in [-0.4, -0.2) is 0 Å². The summed E-state index contributed by atoms with van der Waals surface area (Å²) in [7, 11) is 0. The van der Waals surface area contributed by atoms with Crippen molar-refractivity contribution in [1.29, 1.82) is 0 Å². The smallest absolute Gasteiger partial charge is 0.000740 e. The first-order chi connectivity index (χ1) is 20.9. The van der Waals surface area contributed by atoms with E-state index < -0.39 is 0 Å². The SMILES string of the molecule is c1ccc(-c2c3c(c(-c4ccccc4)c4ccccc24)-c2ccc4c5c(ccc-3c25)-c2cc3ccccc3cc2-4)cc1. The van der Waals surface area contributed by atoms with Crippen LogP contribution in [0.3, 0.4) is 0 Å². The second-order valence-corrected chi connectivity index (χ2v) is 11.6. The minimum Gasteiger partial charge on any atom is -0.0622 e. The van der Waals surface area contributed by atoms with Crippen LogP contribution in [0.25, 0.3) is 99.1 Å². The van der Waals surface area contributed by atoms with Crippen LogP contribution in [0.4, 0.5) is 0 Å². The molecule has 0 amide bonds. The van der Waals surface area contributed by atoms with Gasteiger partial charge in [0.25, 0.3) is 0 Å². The predicted octanol–water partition coefficient (Wildman–Crippen LogP) is 11.8. The molecule has 0 N–H and O–H groups in total. The van der Waals surface area contributed by atoms with Gasteiger partial charge in [-0.05, 0) is 111 Å². The third kappa shape index (κ3) is 2.77. The Labute approximate surface area is 244 Å². The Kier molecular flexibility index (Phi) is 4.27. The minimum absolute atomic E-state index is 1.26. The van der Waals surface area contributed by atoms with E-state index in [1.54, 1.807) is 0 Å². The van der Waals surface area contributed by atoms with E-state index in [-0.39, 0.29) is 0 Å². The molecule has 0 bridgehead atoms. The van der Waals surface area contributed by atoms with Gasteiger partial charge in [-0.3, -0.25) is 0 Å². The molecule has 0 radical (unpaired) electrons. The van der Waals surface area contributed by atoms with Crippen LogP contribution in [-0.2, 0) is 0 Å². The zero-order chi connectivity index (χ0) is 27.4. The lowest BCUT2D eigenvalue weighted by molar-refractivity contribution is 1.62. The number of fused-ring (bicyclic) bond motifs is 8. The van der Waals surface area contributed by atoms with Crippen molar-refractivity contribution in [3.63, 3.8) is 0 Å². The molecule has 0 saturated heterocycles. The lowest BCUT2D eigenvalue weighted by atomic mass is 9.82.